The van der Waals surface area contributed by atoms with E-state index in [1.807, 2.05) is 0 Å². The number of hydrogen-bond acceptors (Lipinski definition) is 7. The number of carbonyl (C=O) groups excluding carboxylic acids is 4. The van der Waals surface area contributed by atoms with Gasteiger partial charge in [-0.15, -0.1) is 11.3 Å². The van der Waals surface area contributed by atoms with Gasteiger partial charge in [0.15, 0.2) is 0 Å². The smallest absolute Gasteiger partial charge is 0.414 e. The van der Waals surface area contributed by atoms with Crippen LogP contribution in [0.15, 0.2) is 24.3 Å². The molecule has 0 aliphatic rings. The molecule has 0 atom stereocenters. The minimum atomic E-state index is -0.950. The Morgan fingerprint density at radius 2 is 1.67 bits per heavy atom. The van der Waals surface area contributed by atoms with E-state index in [1.54, 1.807) is 13.8 Å². The zero-order chi connectivity index (χ0) is 22.3. The normalized spacial score (nSPS) is 10.3. The summed E-state index contributed by atoms with van der Waals surface area (Å²) < 4.78 is 22.7. The van der Waals surface area contributed by atoms with Gasteiger partial charge in [0.2, 0.25) is 5.91 Å². The molecule has 30 heavy (non-hydrogen) atoms. The lowest BCUT2D eigenvalue weighted by molar-refractivity contribution is -0.115. The van der Waals surface area contributed by atoms with E-state index in [2.05, 4.69) is 10.6 Å². The Labute approximate surface area is 176 Å². The van der Waals surface area contributed by atoms with E-state index in [9.17, 15) is 23.6 Å². The van der Waals surface area contributed by atoms with Gasteiger partial charge in [-0.25, -0.2) is 14.0 Å². The Hall–Kier alpha value is -3.27. The molecular weight excluding hydrogens is 415 g/mol. The summed E-state index contributed by atoms with van der Waals surface area (Å²) in [7, 11) is 0. The molecule has 2 rings (SSSR count). The largest absolute Gasteiger partial charge is 0.462 e. The molecule has 8 nitrogen and oxygen atoms in total. The number of ether oxygens (including phenoxy) is 2. The van der Waals surface area contributed by atoms with Gasteiger partial charge in [-0.2, -0.15) is 0 Å². The topological polar surface area (TPSA) is 111 Å². The molecule has 2 aromatic rings. The van der Waals surface area contributed by atoms with Crippen molar-refractivity contribution >= 4 is 40.2 Å². The van der Waals surface area contributed by atoms with Crippen LogP contribution < -0.4 is 10.6 Å². The number of amides is 3. The highest BCUT2D eigenvalue weighted by Crippen LogP contribution is 2.34. The van der Waals surface area contributed by atoms with Crippen molar-refractivity contribution in [1.29, 1.82) is 0 Å². The molecule has 2 N–H and O–H groups in total. The lowest BCUT2D eigenvalue weighted by Crippen LogP contribution is -2.32. The molecule has 10 heteroatoms. The Bertz CT molecular complexity index is 955. The number of alkyl carbamates (subject to hydrolysis) is 1. The second-order valence-corrected chi connectivity index (χ2v) is 7.03. The molecule has 0 saturated carbocycles. The fourth-order valence-electron chi connectivity index (χ4n) is 2.55. The summed E-state index contributed by atoms with van der Waals surface area (Å²) in [6, 6.07) is 5.39. The number of rotatable bonds is 7. The van der Waals surface area contributed by atoms with Crippen LogP contribution in [0.1, 0.15) is 45.0 Å². The van der Waals surface area contributed by atoms with Gasteiger partial charge in [-0.3, -0.25) is 14.9 Å². The highest BCUT2D eigenvalue weighted by molar-refractivity contribution is 7.18. The van der Waals surface area contributed by atoms with E-state index in [0.717, 1.165) is 11.3 Å². The van der Waals surface area contributed by atoms with Crippen molar-refractivity contribution in [2.75, 3.05) is 18.5 Å². The van der Waals surface area contributed by atoms with E-state index < -0.39 is 29.7 Å². The summed E-state index contributed by atoms with van der Waals surface area (Å²) in [5.74, 6) is -2.38. The maximum Gasteiger partial charge on any atom is 0.414 e. The third-order valence-corrected chi connectivity index (χ3v) is 5.04. The Kier molecular flexibility index (Phi) is 8.05. The molecular formula is C20H21FN2O6S. The lowest BCUT2D eigenvalue weighted by Gasteiger charge is -2.08. The Balaban J connectivity index is 2.30. The number of halogens is 1. The third kappa shape index (κ3) is 5.86. The van der Waals surface area contributed by atoms with E-state index in [0.29, 0.717) is 5.56 Å². The second-order valence-electron chi connectivity index (χ2n) is 6.01. The predicted molar refractivity (Wildman–Crippen MR) is 108 cm³/mol. The number of carbonyl (C=O) groups is 4. The minimum absolute atomic E-state index is 0.0384. The van der Waals surface area contributed by atoms with E-state index in [-0.39, 0.29) is 40.6 Å². The van der Waals surface area contributed by atoms with Crippen LogP contribution >= 0.6 is 11.3 Å². The SMILES string of the molecule is CCOC(=O)NC(=O)c1c(NC(=O)Cc2ccc(F)cc2)sc(C(=O)OCC)c1C. The maximum absolute atomic E-state index is 13.0. The highest BCUT2D eigenvalue weighted by atomic mass is 32.1. The molecule has 0 unspecified atom stereocenters. The quantitative estimate of drug-likeness (QED) is 0.644. The van der Waals surface area contributed by atoms with Gasteiger partial charge in [0, 0.05) is 0 Å². The molecule has 0 fully saturated rings. The summed E-state index contributed by atoms with van der Waals surface area (Å²) in [5.41, 5.74) is 0.784. The minimum Gasteiger partial charge on any atom is -0.462 e. The first-order valence-electron chi connectivity index (χ1n) is 9.09. The van der Waals surface area contributed by atoms with Crippen LogP contribution in [-0.2, 0) is 20.7 Å². The van der Waals surface area contributed by atoms with Crippen molar-refractivity contribution in [3.8, 4) is 0 Å². The van der Waals surface area contributed by atoms with Crippen LogP contribution in [0.25, 0.3) is 0 Å². The molecule has 160 valence electrons. The van der Waals surface area contributed by atoms with E-state index >= 15 is 0 Å². The monoisotopic (exact) mass is 436 g/mol. The molecule has 0 spiro atoms. The van der Waals surface area contributed by atoms with E-state index in [1.165, 1.54) is 31.2 Å². The molecule has 1 aromatic carbocycles. The van der Waals surface area contributed by atoms with Gasteiger partial charge in [0.25, 0.3) is 5.91 Å². The number of nitrogens with one attached hydrogen (secondary N) is 2. The average Bonchev–Trinajstić information content (AvgIpc) is 3.00. The fourth-order valence-corrected chi connectivity index (χ4v) is 3.66. The molecule has 0 aliphatic carbocycles. The predicted octanol–water partition coefficient (Wildman–Crippen LogP) is 3.44. The number of esters is 1. The Morgan fingerprint density at radius 3 is 2.27 bits per heavy atom. The first-order valence-corrected chi connectivity index (χ1v) is 9.91. The zero-order valence-corrected chi connectivity index (χ0v) is 17.5. The number of benzene rings is 1. The number of thiophene rings is 1. The van der Waals surface area contributed by atoms with Crippen molar-refractivity contribution < 1.29 is 33.0 Å². The van der Waals surface area contributed by atoms with Crippen molar-refractivity contribution in [3.05, 3.63) is 51.7 Å². The Morgan fingerprint density at radius 1 is 1.03 bits per heavy atom. The van der Waals surface area contributed by atoms with Gasteiger partial charge in [0.05, 0.1) is 25.2 Å². The van der Waals surface area contributed by atoms with Gasteiger partial charge in [0.1, 0.15) is 15.7 Å². The van der Waals surface area contributed by atoms with Crippen molar-refractivity contribution in [3.63, 3.8) is 0 Å². The summed E-state index contributed by atoms with van der Waals surface area (Å²) >= 11 is 0.865. The molecule has 1 heterocycles. The van der Waals surface area contributed by atoms with Crippen LogP contribution in [0.5, 0.6) is 0 Å². The summed E-state index contributed by atoms with van der Waals surface area (Å²) in [6.07, 6.45) is -1.03. The molecule has 0 bridgehead atoms. The molecule has 3 amide bonds. The van der Waals surface area contributed by atoms with E-state index in [4.69, 9.17) is 9.47 Å². The average molecular weight is 436 g/mol. The van der Waals surface area contributed by atoms with Crippen LogP contribution in [0.2, 0.25) is 0 Å². The van der Waals surface area contributed by atoms with Crippen LogP contribution in [-0.4, -0.2) is 37.1 Å². The van der Waals surface area contributed by atoms with Crippen molar-refractivity contribution in [1.82, 2.24) is 5.32 Å². The van der Waals surface area contributed by atoms with Gasteiger partial charge in [-0.05, 0) is 44.0 Å². The molecule has 0 saturated heterocycles. The third-order valence-electron chi connectivity index (χ3n) is 3.86. The summed E-state index contributed by atoms with van der Waals surface area (Å²) in [4.78, 5) is 49.0. The summed E-state index contributed by atoms with van der Waals surface area (Å²) in [6.45, 7) is 4.93. The van der Waals surface area contributed by atoms with Gasteiger partial charge < -0.3 is 14.8 Å². The highest BCUT2D eigenvalue weighted by Gasteiger charge is 2.27. The van der Waals surface area contributed by atoms with Crippen LogP contribution in [0, 0.1) is 12.7 Å². The van der Waals surface area contributed by atoms with Crippen molar-refractivity contribution in [2.24, 2.45) is 0 Å². The van der Waals surface area contributed by atoms with Crippen LogP contribution in [0.3, 0.4) is 0 Å². The zero-order valence-electron chi connectivity index (χ0n) is 16.7. The second kappa shape index (κ2) is 10.5. The fraction of sp³-hybridized carbons (Fsp3) is 0.300. The standard InChI is InChI=1S/C20H21FN2O6S/c1-4-28-19(26)16-11(3)15(17(25)23-20(27)29-5-2)18(30-16)22-14(24)10-12-6-8-13(21)9-7-12/h6-9H,4-5,10H2,1-3H3,(H,22,24)(H,23,25,27). The van der Waals surface area contributed by atoms with Crippen LogP contribution in [0.4, 0.5) is 14.2 Å². The molecule has 0 aliphatic heterocycles. The molecule has 1 aromatic heterocycles. The maximum atomic E-state index is 13.0. The van der Waals surface area contributed by atoms with Gasteiger partial charge in [-0.1, -0.05) is 12.1 Å². The van der Waals surface area contributed by atoms with Crippen molar-refractivity contribution in [2.45, 2.75) is 27.2 Å². The first kappa shape index (κ1) is 23.0. The lowest BCUT2D eigenvalue weighted by atomic mass is 10.1. The number of imide groups is 1. The summed E-state index contributed by atoms with van der Waals surface area (Å²) in [5, 5.41) is 4.72. The first-order chi connectivity index (χ1) is 14.3. The van der Waals surface area contributed by atoms with Gasteiger partial charge >= 0.3 is 12.1 Å². The number of anilines is 1. The molecule has 0 radical (unpaired) electrons. The number of hydrogen-bond donors (Lipinski definition) is 2.